The molecule has 0 saturated heterocycles. The fourth-order valence-corrected chi connectivity index (χ4v) is 3.30. The second-order valence-corrected chi connectivity index (χ2v) is 9.51. The van der Waals surface area contributed by atoms with E-state index >= 15 is 0 Å². The summed E-state index contributed by atoms with van der Waals surface area (Å²) in [6.07, 6.45) is 0.831. The van der Waals surface area contributed by atoms with Crippen molar-refractivity contribution in [1.82, 2.24) is 10.2 Å². The van der Waals surface area contributed by atoms with Crippen LogP contribution in [0, 0.1) is 6.92 Å². The van der Waals surface area contributed by atoms with Crippen molar-refractivity contribution in [3.63, 3.8) is 0 Å². The molecule has 0 aliphatic carbocycles. The highest BCUT2D eigenvalue weighted by Crippen LogP contribution is 2.24. The summed E-state index contributed by atoms with van der Waals surface area (Å²) in [7, 11) is 0. The molecule has 0 spiro atoms. The van der Waals surface area contributed by atoms with Gasteiger partial charge in [-0.25, -0.2) is 0 Å². The summed E-state index contributed by atoms with van der Waals surface area (Å²) in [4.78, 5) is 27.6. The van der Waals surface area contributed by atoms with E-state index in [1.165, 1.54) is 5.56 Å². The molecule has 1 N–H and O–H groups in total. The molecule has 0 bridgehead atoms. The van der Waals surface area contributed by atoms with Crippen LogP contribution in [-0.4, -0.2) is 35.4 Å². The maximum absolute atomic E-state index is 13.2. The first-order chi connectivity index (χ1) is 15.0. The summed E-state index contributed by atoms with van der Waals surface area (Å²) in [5, 5.41) is 2.99. The highest BCUT2D eigenvalue weighted by Gasteiger charge is 2.27. The molecule has 0 heterocycles. The van der Waals surface area contributed by atoms with Crippen LogP contribution in [0.15, 0.2) is 48.5 Å². The van der Waals surface area contributed by atoms with E-state index in [2.05, 4.69) is 26.1 Å². The number of carbonyl (C=O) groups is 2. The van der Waals surface area contributed by atoms with Crippen LogP contribution in [0.5, 0.6) is 5.75 Å². The zero-order valence-corrected chi connectivity index (χ0v) is 20.6. The van der Waals surface area contributed by atoms with E-state index in [1.807, 2.05) is 69.3 Å². The first-order valence-electron chi connectivity index (χ1n) is 11.4. The van der Waals surface area contributed by atoms with E-state index in [1.54, 1.807) is 11.8 Å². The average Bonchev–Trinajstić information content (AvgIpc) is 2.76. The summed E-state index contributed by atoms with van der Waals surface area (Å²) in [6, 6.07) is 15.2. The number of hydrogen-bond donors (Lipinski definition) is 1. The Morgan fingerprint density at radius 1 is 1.03 bits per heavy atom. The molecule has 2 aromatic carbocycles. The van der Waals surface area contributed by atoms with Crippen LogP contribution < -0.4 is 10.1 Å². The van der Waals surface area contributed by atoms with Crippen molar-refractivity contribution in [2.75, 3.05) is 6.61 Å². The van der Waals surface area contributed by atoms with Crippen LogP contribution in [0.4, 0.5) is 0 Å². The van der Waals surface area contributed by atoms with Gasteiger partial charge in [-0.2, -0.15) is 0 Å². The van der Waals surface area contributed by atoms with Gasteiger partial charge in [0.25, 0.3) is 5.91 Å². The van der Waals surface area contributed by atoms with Gasteiger partial charge in [-0.1, -0.05) is 64.1 Å². The lowest BCUT2D eigenvalue weighted by molar-refractivity contribution is -0.142. The molecule has 0 fully saturated rings. The lowest BCUT2D eigenvalue weighted by atomic mass is 9.87. The average molecular weight is 439 g/mol. The minimum absolute atomic E-state index is 0.0527. The van der Waals surface area contributed by atoms with E-state index in [9.17, 15) is 9.59 Å². The van der Waals surface area contributed by atoms with Crippen molar-refractivity contribution < 1.29 is 14.3 Å². The van der Waals surface area contributed by atoms with Gasteiger partial charge >= 0.3 is 0 Å². The molecule has 2 rings (SSSR count). The third-order valence-corrected chi connectivity index (χ3v) is 5.85. The first-order valence-corrected chi connectivity index (χ1v) is 11.4. The normalized spacial score (nSPS) is 13.2. The zero-order valence-electron chi connectivity index (χ0n) is 20.6. The summed E-state index contributed by atoms with van der Waals surface area (Å²) in [5.74, 6) is 0.259. The molecule has 0 aliphatic heterocycles. The van der Waals surface area contributed by atoms with E-state index < -0.39 is 6.04 Å². The van der Waals surface area contributed by atoms with Gasteiger partial charge in [0.1, 0.15) is 11.8 Å². The van der Waals surface area contributed by atoms with Crippen LogP contribution >= 0.6 is 0 Å². The Morgan fingerprint density at radius 3 is 2.22 bits per heavy atom. The molecule has 2 atom stereocenters. The predicted octanol–water partition coefficient (Wildman–Crippen LogP) is 5.00. The maximum atomic E-state index is 13.2. The van der Waals surface area contributed by atoms with Gasteiger partial charge in [0.2, 0.25) is 5.91 Å². The third-order valence-electron chi connectivity index (χ3n) is 5.85. The highest BCUT2D eigenvalue weighted by molar-refractivity contribution is 5.88. The summed E-state index contributed by atoms with van der Waals surface area (Å²) >= 11 is 0. The van der Waals surface area contributed by atoms with Gasteiger partial charge in [0.05, 0.1) is 0 Å². The molecule has 2 aromatic rings. The fourth-order valence-electron chi connectivity index (χ4n) is 3.30. The lowest BCUT2D eigenvalue weighted by Gasteiger charge is -2.30. The van der Waals surface area contributed by atoms with Crippen LogP contribution in [0.2, 0.25) is 0 Å². The zero-order chi connectivity index (χ0) is 23.9. The molecule has 5 heteroatoms. The van der Waals surface area contributed by atoms with Crippen LogP contribution in [0.3, 0.4) is 0 Å². The van der Waals surface area contributed by atoms with Crippen LogP contribution in [0.25, 0.3) is 0 Å². The topological polar surface area (TPSA) is 58.6 Å². The molecule has 32 heavy (non-hydrogen) atoms. The van der Waals surface area contributed by atoms with E-state index in [-0.39, 0.29) is 29.9 Å². The van der Waals surface area contributed by atoms with Crippen molar-refractivity contribution in [3.8, 4) is 5.75 Å². The van der Waals surface area contributed by atoms with Crippen molar-refractivity contribution in [2.45, 2.75) is 78.9 Å². The number of aryl methyl sites for hydroxylation is 1. The number of benzene rings is 2. The van der Waals surface area contributed by atoms with Crippen molar-refractivity contribution in [3.05, 3.63) is 65.2 Å². The molecular weight excluding hydrogens is 400 g/mol. The van der Waals surface area contributed by atoms with Gasteiger partial charge in [-0.15, -0.1) is 0 Å². The highest BCUT2D eigenvalue weighted by atomic mass is 16.5. The Morgan fingerprint density at radius 2 is 1.66 bits per heavy atom. The standard InChI is InChI=1S/C27H38N2O3/c1-8-20(3)28-26(31)21(4)29(17-22-12-10-9-11-19(22)2)25(30)18-32-24-15-13-23(14-16-24)27(5,6)7/h9-16,20-21H,8,17-18H2,1-7H3,(H,28,31)/t20-,21-/m1/s1. The van der Waals surface area contributed by atoms with Gasteiger partial charge in [0.15, 0.2) is 6.61 Å². The van der Waals surface area contributed by atoms with E-state index in [0.29, 0.717) is 12.3 Å². The third kappa shape index (κ3) is 7.11. The van der Waals surface area contributed by atoms with Gasteiger partial charge in [-0.3, -0.25) is 9.59 Å². The predicted molar refractivity (Wildman–Crippen MR) is 130 cm³/mol. The van der Waals surface area contributed by atoms with Crippen LogP contribution in [-0.2, 0) is 21.5 Å². The Hall–Kier alpha value is -2.82. The Bertz CT molecular complexity index is 900. The Labute approximate surface area is 193 Å². The SMILES string of the molecule is CC[C@@H](C)NC(=O)[C@@H](C)N(Cc1ccccc1C)C(=O)COc1ccc(C(C)(C)C)cc1. The largest absolute Gasteiger partial charge is 0.484 e. The van der Waals surface area contributed by atoms with Crippen molar-refractivity contribution in [2.24, 2.45) is 0 Å². The summed E-state index contributed by atoms with van der Waals surface area (Å²) < 4.78 is 5.79. The Balaban J connectivity index is 2.15. The second kappa shape index (κ2) is 11.2. The molecule has 0 unspecified atom stereocenters. The number of nitrogens with zero attached hydrogens (tertiary/aromatic N) is 1. The lowest BCUT2D eigenvalue weighted by Crippen LogP contribution is -2.50. The van der Waals surface area contributed by atoms with Gasteiger partial charge in [-0.05, 0) is 61.4 Å². The second-order valence-electron chi connectivity index (χ2n) is 9.51. The van der Waals surface area contributed by atoms with Crippen LogP contribution in [0.1, 0.15) is 64.7 Å². The van der Waals surface area contributed by atoms with Crippen molar-refractivity contribution in [1.29, 1.82) is 0 Å². The minimum Gasteiger partial charge on any atom is -0.484 e. The van der Waals surface area contributed by atoms with E-state index in [0.717, 1.165) is 17.5 Å². The van der Waals surface area contributed by atoms with Crippen molar-refractivity contribution >= 4 is 11.8 Å². The monoisotopic (exact) mass is 438 g/mol. The summed E-state index contributed by atoms with van der Waals surface area (Å²) in [5.41, 5.74) is 3.35. The number of rotatable bonds is 9. The molecule has 0 radical (unpaired) electrons. The number of nitrogens with one attached hydrogen (secondary N) is 1. The smallest absolute Gasteiger partial charge is 0.261 e. The quantitative estimate of drug-likeness (QED) is 0.599. The van der Waals surface area contributed by atoms with Gasteiger partial charge < -0.3 is 15.0 Å². The molecule has 174 valence electrons. The molecule has 0 saturated carbocycles. The molecule has 5 nitrogen and oxygen atoms in total. The number of carbonyl (C=O) groups excluding carboxylic acids is 2. The number of amides is 2. The molecular formula is C27H38N2O3. The van der Waals surface area contributed by atoms with Gasteiger partial charge in [0, 0.05) is 12.6 Å². The first kappa shape index (κ1) is 25.4. The molecule has 2 amide bonds. The number of hydrogen-bond acceptors (Lipinski definition) is 3. The minimum atomic E-state index is -0.608. The molecule has 0 aromatic heterocycles. The fraction of sp³-hybridized carbons (Fsp3) is 0.481. The Kier molecular flexibility index (Phi) is 8.88. The molecule has 0 aliphatic rings. The number of ether oxygens (including phenoxy) is 1. The maximum Gasteiger partial charge on any atom is 0.261 e. The van der Waals surface area contributed by atoms with E-state index in [4.69, 9.17) is 4.74 Å². The summed E-state index contributed by atoms with van der Waals surface area (Å²) in [6.45, 7) is 14.5.